The van der Waals surface area contributed by atoms with Gasteiger partial charge >= 0.3 is 5.97 Å². The SMILES string of the molecule is COC(=O)C(=O)c1c(F)ccc(-c2ccccc2)c1F. The Kier molecular flexibility index (Phi) is 3.89. The molecule has 0 unspecified atom stereocenters. The molecule has 0 bridgehead atoms. The molecule has 0 radical (unpaired) electrons. The third-order valence-electron chi connectivity index (χ3n) is 2.77. The van der Waals surface area contributed by atoms with Crippen LogP contribution in [0.15, 0.2) is 42.5 Å². The van der Waals surface area contributed by atoms with Gasteiger partial charge in [0.15, 0.2) is 0 Å². The molecule has 2 rings (SSSR count). The largest absolute Gasteiger partial charge is 0.463 e. The van der Waals surface area contributed by atoms with Gasteiger partial charge in [0, 0.05) is 5.56 Å². The summed E-state index contributed by atoms with van der Waals surface area (Å²) in [6.07, 6.45) is 0. The summed E-state index contributed by atoms with van der Waals surface area (Å²) in [5, 5.41) is 0. The Morgan fingerprint density at radius 3 is 2.25 bits per heavy atom. The molecule has 2 aromatic rings. The first-order valence-corrected chi connectivity index (χ1v) is 5.72. The molecule has 0 saturated heterocycles. The van der Waals surface area contributed by atoms with Crippen LogP contribution in [-0.4, -0.2) is 18.9 Å². The molecule has 0 aliphatic rings. The highest BCUT2D eigenvalue weighted by Crippen LogP contribution is 2.27. The number of hydrogen-bond donors (Lipinski definition) is 0. The number of halogens is 2. The van der Waals surface area contributed by atoms with Crippen LogP contribution >= 0.6 is 0 Å². The van der Waals surface area contributed by atoms with Crippen LogP contribution < -0.4 is 0 Å². The molecule has 2 aromatic carbocycles. The molecule has 0 aliphatic heterocycles. The van der Waals surface area contributed by atoms with E-state index in [1.807, 2.05) is 0 Å². The van der Waals surface area contributed by atoms with Crippen LogP contribution in [0.2, 0.25) is 0 Å². The summed E-state index contributed by atoms with van der Waals surface area (Å²) in [6.45, 7) is 0. The number of methoxy groups -OCH3 is 1. The van der Waals surface area contributed by atoms with Gasteiger partial charge in [0.05, 0.1) is 7.11 Å². The molecule has 0 aromatic heterocycles. The Morgan fingerprint density at radius 2 is 1.65 bits per heavy atom. The lowest BCUT2D eigenvalue weighted by Gasteiger charge is -2.08. The van der Waals surface area contributed by atoms with E-state index in [9.17, 15) is 18.4 Å². The van der Waals surface area contributed by atoms with Crippen molar-refractivity contribution in [1.82, 2.24) is 0 Å². The maximum Gasteiger partial charge on any atom is 0.379 e. The van der Waals surface area contributed by atoms with Crippen LogP contribution in [0.3, 0.4) is 0 Å². The molecule has 102 valence electrons. The fourth-order valence-corrected chi connectivity index (χ4v) is 1.80. The molecule has 5 heteroatoms. The Balaban J connectivity index is 2.60. The van der Waals surface area contributed by atoms with E-state index in [2.05, 4.69) is 4.74 Å². The second-order valence-corrected chi connectivity index (χ2v) is 3.97. The third-order valence-corrected chi connectivity index (χ3v) is 2.77. The highest BCUT2D eigenvalue weighted by molar-refractivity contribution is 6.40. The van der Waals surface area contributed by atoms with Gasteiger partial charge in [-0.1, -0.05) is 30.3 Å². The summed E-state index contributed by atoms with van der Waals surface area (Å²) < 4.78 is 32.1. The number of esters is 1. The Labute approximate surface area is 113 Å². The van der Waals surface area contributed by atoms with Gasteiger partial charge < -0.3 is 4.74 Å². The lowest BCUT2D eigenvalue weighted by Crippen LogP contribution is -2.19. The first kappa shape index (κ1) is 13.9. The molecule has 0 fully saturated rings. The number of benzene rings is 2. The van der Waals surface area contributed by atoms with Crippen molar-refractivity contribution in [2.24, 2.45) is 0 Å². The average molecular weight is 276 g/mol. The number of ether oxygens (including phenoxy) is 1. The van der Waals surface area contributed by atoms with Crippen molar-refractivity contribution in [3.63, 3.8) is 0 Å². The minimum absolute atomic E-state index is 0.0410. The predicted molar refractivity (Wildman–Crippen MR) is 68.1 cm³/mol. The van der Waals surface area contributed by atoms with E-state index in [4.69, 9.17) is 0 Å². The van der Waals surface area contributed by atoms with Crippen LogP contribution in [-0.2, 0) is 9.53 Å². The van der Waals surface area contributed by atoms with Crippen LogP contribution in [0, 0.1) is 11.6 Å². The summed E-state index contributed by atoms with van der Waals surface area (Å²) in [7, 11) is 0.969. The molecule has 0 N–H and O–H groups in total. The van der Waals surface area contributed by atoms with Gasteiger partial charge in [-0.2, -0.15) is 0 Å². The third kappa shape index (κ3) is 2.42. The van der Waals surface area contributed by atoms with Gasteiger partial charge in [0.25, 0.3) is 5.78 Å². The zero-order valence-electron chi connectivity index (χ0n) is 10.5. The van der Waals surface area contributed by atoms with E-state index < -0.39 is 29.0 Å². The minimum atomic E-state index is -1.35. The van der Waals surface area contributed by atoms with Crippen LogP contribution in [0.25, 0.3) is 11.1 Å². The predicted octanol–water partition coefficient (Wildman–Crippen LogP) is 2.99. The van der Waals surface area contributed by atoms with E-state index in [0.717, 1.165) is 13.2 Å². The van der Waals surface area contributed by atoms with E-state index in [1.165, 1.54) is 6.07 Å². The van der Waals surface area contributed by atoms with Crippen molar-refractivity contribution in [2.75, 3.05) is 7.11 Å². The standard InChI is InChI=1S/C15H10F2O3/c1-20-15(19)14(18)12-11(16)8-7-10(13(12)17)9-5-3-2-4-6-9/h2-8H,1H3. The van der Waals surface area contributed by atoms with Gasteiger partial charge in [-0.15, -0.1) is 0 Å². The smallest absolute Gasteiger partial charge is 0.379 e. The molecule has 0 spiro atoms. The van der Waals surface area contributed by atoms with Gasteiger partial charge in [-0.3, -0.25) is 4.79 Å². The minimum Gasteiger partial charge on any atom is -0.463 e. The summed E-state index contributed by atoms with van der Waals surface area (Å²) in [5.74, 6) is -4.84. The van der Waals surface area contributed by atoms with Crippen LogP contribution in [0.5, 0.6) is 0 Å². The van der Waals surface area contributed by atoms with Gasteiger partial charge in [0.1, 0.15) is 17.2 Å². The highest BCUT2D eigenvalue weighted by Gasteiger charge is 2.26. The molecule has 0 heterocycles. The van der Waals surface area contributed by atoms with E-state index in [0.29, 0.717) is 5.56 Å². The number of carbonyl (C=O) groups is 2. The Bertz CT molecular complexity index is 666. The maximum absolute atomic E-state index is 14.3. The normalized spacial score (nSPS) is 10.2. The fourth-order valence-electron chi connectivity index (χ4n) is 1.80. The van der Waals surface area contributed by atoms with Gasteiger partial charge in [-0.25, -0.2) is 13.6 Å². The molecule has 3 nitrogen and oxygen atoms in total. The lowest BCUT2D eigenvalue weighted by atomic mass is 9.99. The second-order valence-electron chi connectivity index (χ2n) is 3.97. The van der Waals surface area contributed by atoms with Crippen molar-refractivity contribution in [3.8, 4) is 11.1 Å². The lowest BCUT2D eigenvalue weighted by molar-refractivity contribution is -0.135. The van der Waals surface area contributed by atoms with Crippen molar-refractivity contribution >= 4 is 11.8 Å². The number of hydrogen-bond acceptors (Lipinski definition) is 3. The molecule has 0 atom stereocenters. The van der Waals surface area contributed by atoms with E-state index in [1.54, 1.807) is 30.3 Å². The maximum atomic E-state index is 14.3. The Morgan fingerprint density at radius 1 is 1.00 bits per heavy atom. The van der Waals surface area contributed by atoms with E-state index >= 15 is 0 Å². The van der Waals surface area contributed by atoms with Crippen LogP contribution in [0.1, 0.15) is 10.4 Å². The monoisotopic (exact) mass is 276 g/mol. The molecular weight excluding hydrogens is 266 g/mol. The topological polar surface area (TPSA) is 43.4 Å². The van der Waals surface area contributed by atoms with Crippen molar-refractivity contribution in [1.29, 1.82) is 0 Å². The number of rotatable bonds is 3. The second kappa shape index (κ2) is 5.61. The van der Waals surface area contributed by atoms with Gasteiger partial charge in [0.2, 0.25) is 0 Å². The Hall–Kier alpha value is -2.56. The molecule has 0 aliphatic carbocycles. The van der Waals surface area contributed by atoms with E-state index in [-0.39, 0.29) is 5.56 Å². The first-order valence-electron chi connectivity index (χ1n) is 5.72. The quantitative estimate of drug-likeness (QED) is 0.492. The summed E-state index contributed by atoms with van der Waals surface area (Å²) in [5.41, 5.74) is -0.388. The number of ketones is 1. The summed E-state index contributed by atoms with van der Waals surface area (Å²) in [4.78, 5) is 22.8. The zero-order valence-corrected chi connectivity index (χ0v) is 10.5. The van der Waals surface area contributed by atoms with Crippen molar-refractivity contribution in [2.45, 2.75) is 0 Å². The molecule has 20 heavy (non-hydrogen) atoms. The van der Waals surface area contributed by atoms with Crippen molar-refractivity contribution < 1.29 is 23.1 Å². The first-order chi connectivity index (χ1) is 9.56. The van der Waals surface area contributed by atoms with Crippen molar-refractivity contribution in [3.05, 3.63) is 59.7 Å². The average Bonchev–Trinajstić information content (AvgIpc) is 2.47. The molecule has 0 amide bonds. The highest BCUT2D eigenvalue weighted by atomic mass is 19.1. The number of carbonyl (C=O) groups excluding carboxylic acids is 2. The van der Waals surface area contributed by atoms with Gasteiger partial charge in [-0.05, 0) is 17.7 Å². The number of Topliss-reactive ketones (excluding diaryl/α,β-unsaturated/α-hetero) is 1. The summed E-state index contributed by atoms with van der Waals surface area (Å²) >= 11 is 0. The molecular formula is C15H10F2O3. The fraction of sp³-hybridized carbons (Fsp3) is 0.0667. The van der Waals surface area contributed by atoms with Crippen LogP contribution in [0.4, 0.5) is 8.78 Å². The molecule has 0 saturated carbocycles. The summed E-state index contributed by atoms with van der Waals surface area (Å²) in [6, 6.07) is 10.5. The zero-order chi connectivity index (χ0) is 14.7.